The number of carbonyl (C=O) groups excluding carboxylic acids is 2. The molecule has 158 valence electrons. The van der Waals surface area contributed by atoms with Gasteiger partial charge < -0.3 is 0 Å². The fourth-order valence-corrected chi connectivity index (χ4v) is 5.95. The van der Waals surface area contributed by atoms with Gasteiger partial charge in [-0.25, -0.2) is 0 Å². The van der Waals surface area contributed by atoms with Gasteiger partial charge in [0.05, 0.1) is 0 Å². The van der Waals surface area contributed by atoms with Crippen molar-refractivity contribution in [1.82, 2.24) is 10.6 Å². The van der Waals surface area contributed by atoms with Crippen molar-refractivity contribution in [3.05, 3.63) is 101 Å². The Morgan fingerprint density at radius 2 is 0.933 bits per heavy atom. The van der Waals surface area contributed by atoms with Crippen LogP contribution in [0.25, 0.3) is 0 Å². The van der Waals surface area contributed by atoms with E-state index in [2.05, 4.69) is 10.6 Å². The molecule has 0 spiro atoms. The van der Waals surface area contributed by atoms with Gasteiger partial charge in [0.15, 0.2) is 0 Å². The Kier molecular flexibility index (Phi) is 9.23. The normalized spacial score (nSPS) is 10.7. The van der Waals surface area contributed by atoms with Gasteiger partial charge in [0.1, 0.15) is 0 Å². The number of rotatable bonds is 8. The quantitative estimate of drug-likeness (QED) is 0.191. The predicted octanol–water partition coefficient (Wildman–Crippen LogP) is -0.670. The first kappa shape index (κ1) is 23.3. The molecule has 0 aliphatic rings. The van der Waals surface area contributed by atoms with Crippen molar-refractivity contribution in [2.24, 2.45) is 0 Å². The number of benzene rings is 3. The number of hydrogen-bond donors (Lipinski definition) is 2. The molecule has 30 heavy (non-hydrogen) atoms. The fourth-order valence-electron chi connectivity index (χ4n) is 2.37. The molecule has 3 aromatic carbocycles. The molecule has 0 atom stereocenters. The Morgan fingerprint density at radius 1 is 0.600 bits per heavy atom. The fraction of sp³-hybridized carbons (Fsp3) is 0.0909. The zero-order valence-electron chi connectivity index (χ0n) is 15.7. The van der Waals surface area contributed by atoms with Gasteiger partial charge in [-0.15, -0.1) is 0 Å². The van der Waals surface area contributed by atoms with Crippen molar-refractivity contribution < 1.29 is 52.0 Å². The van der Waals surface area contributed by atoms with Crippen LogP contribution in [-0.2, 0) is 13.1 Å². The maximum atomic E-state index is 12.1. The maximum absolute atomic E-state index is 12.1. The van der Waals surface area contributed by atoms with E-state index in [1.54, 1.807) is 24.3 Å². The molecule has 0 aliphatic carbocycles. The van der Waals surface area contributed by atoms with Crippen LogP contribution in [0.15, 0.2) is 72.8 Å². The van der Waals surface area contributed by atoms with E-state index in [0.717, 1.165) is 18.3 Å². The number of hydrogen-bond acceptors (Lipinski definition) is 2. The Labute approximate surface area is 206 Å². The first-order valence-corrected chi connectivity index (χ1v) is 14.0. The van der Waals surface area contributed by atoms with E-state index in [4.69, 9.17) is 23.2 Å². The SMILES string of the molecule is O=C(NCc1ccc(CNC(=O)[I-]c2ccc(Cl)cc2)cc1)[I-]c1ccc(Cl)cc1. The Morgan fingerprint density at radius 3 is 1.27 bits per heavy atom. The van der Waals surface area contributed by atoms with Crippen LogP contribution in [0.1, 0.15) is 11.1 Å². The number of nitrogens with one attached hydrogen (secondary N) is 2. The average molecular weight is 667 g/mol. The van der Waals surface area contributed by atoms with Gasteiger partial charge in [0.2, 0.25) is 0 Å². The van der Waals surface area contributed by atoms with Crippen LogP contribution in [0, 0.1) is 7.14 Å². The molecule has 8 heteroatoms. The summed E-state index contributed by atoms with van der Waals surface area (Å²) < 4.78 is 2.20. The first-order chi connectivity index (χ1) is 14.5. The summed E-state index contributed by atoms with van der Waals surface area (Å²) in [6, 6.07) is 22.7. The molecule has 0 unspecified atom stereocenters. The number of amides is 2. The summed E-state index contributed by atoms with van der Waals surface area (Å²) in [6.07, 6.45) is 0. The molecule has 0 saturated heterocycles. The standard InChI is InChI=1S/C22H18Cl2I2N2O2/c23-17-5-9-19(10-6-17)25-21(29)27-13-15-1-2-16(4-3-15)14-28-22(30)26-20-11-7-18(24)8-12-20/h1-12H,13-14H2,(H,27,29)(H,28,30)/q-2. The van der Waals surface area contributed by atoms with Crippen LogP contribution in [0.2, 0.25) is 10.0 Å². The summed E-state index contributed by atoms with van der Waals surface area (Å²) in [5.74, 6) is 0. The molecule has 3 aromatic rings. The summed E-state index contributed by atoms with van der Waals surface area (Å²) >= 11 is 10.2. The molecule has 0 bridgehead atoms. The van der Waals surface area contributed by atoms with Gasteiger partial charge in [-0.3, -0.25) is 0 Å². The molecule has 0 radical (unpaired) electrons. The summed E-state index contributed by atoms with van der Waals surface area (Å²) in [5.41, 5.74) is 2.04. The molecule has 0 fully saturated rings. The molecule has 4 nitrogen and oxygen atoms in total. The van der Waals surface area contributed by atoms with Crippen molar-refractivity contribution in [3.8, 4) is 0 Å². The second-order valence-electron chi connectivity index (χ2n) is 6.13. The van der Waals surface area contributed by atoms with Crippen LogP contribution in [-0.4, -0.2) is 7.83 Å². The van der Waals surface area contributed by atoms with Crippen molar-refractivity contribution in [1.29, 1.82) is 0 Å². The first-order valence-electron chi connectivity index (χ1n) is 8.92. The molecule has 0 aliphatic heterocycles. The van der Waals surface area contributed by atoms with Crippen LogP contribution < -0.4 is 53.0 Å². The molecule has 3 rings (SSSR count). The third-order valence-corrected chi connectivity index (χ3v) is 8.81. The number of carbonyl (C=O) groups is 2. The third kappa shape index (κ3) is 8.05. The van der Waals surface area contributed by atoms with Gasteiger partial charge in [-0.05, 0) is 0 Å². The van der Waals surface area contributed by atoms with E-state index in [1.807, 2.05) is 48.5 Å². The Hall–Kier alpha value is -1.36. The Bertz CT molecular complexity index is 913. The van der Waals surface area contributed by atoms with Gasteiger partial charge in [-0.2, -0.15) is 0 Å². The van der Waals surface area contributed by atoms with E-state index in [9.17, 15) is 9.59 Å². The van der Waals surface area contributed by atoms with Crippen LogP contribution in [0.5, 0.6) is 0 Å². The summed E-state index contributed by atoms with van der Waals surface area (Å²) in [6.45, 7) is 0.974. The summed E-state index contributed by atoms with van der Waals surface area (Å²) in [7, 11) is 0. The van der Waals surface area contributed by atoms with Crippen LogP contribution in [0.3, 0.4) is 0 Å². The summed E-state index contributed by atoms with van der Waals surface area (Å²) in [5, 5.41) is 7.28. The van der Waals surface area contributed by atoms with Gasteiger partial charge in [-0.1, -0.05) is 0 Å². The van der Waals surface area contributed by atoms with Crippen molar-refractivity contribution in [2.75, 3.05) is 0 Å². The molecular formula is C22H18Cl2I2N2O2-2. The molecule has 0 saturated carbocycles. The van der Waals surface area contributed by atoms with Gasteiger partial charge >= 0.3 is 208 Å². The second kappa shape index (κ2) is 11.9. The molecule has 0 aromatic heterocycles. The second-order valence-corrected chi connectivity index (χ2v) is 12.5. The monoisotopic (exact) mass is 666 g/mol. The minimum absolute atomic E-state index is 0.0681. The zero-order chi connectivity index (χ0) is 21.3. The Balaban J connectivity index is 1.40. The number of halogens is 4. The zero-order valence-corrected chi connectivity index (χ0v) is 21.5. The van der Waals surface area contributed by atoms with Crippen LogP contribution in [0.4, 0.5) is 9.59 Å². The topological polar surface area (TPSA) is 58.2 Å². The van der Waals surface area contributed by atoms with E-state index < -0.39 is 42.4 Å². The van der Waals surface area contributed by atoms with Crippen molar-refractivity contribution >= 4 is 31.0 Å². The summed E-state index contributed by atoms with van der Waals surface area (Å²) in [4.78, 5) is 24.3. The van der Waals surface area contributed by atoms with Crippen LogP contribution >= 0.6 is 23.2 Å². The third-order valence-electron chi connectivity index (χ3n) is 3.88. The van der Waals surface area contributed by atoms with Crippen molar-refractivity contribution in [2.45, 2.75) is 13.1 Å². The van der Waals surface area contributed by atoms with Crippen molar-refractivity contribution in [3.63, 3.8) is 0 Å². The van der Waals surface area contributed by atoms with E-state index in [1.165, 1.54) is 0 Å². The van der Waals surface area contributed by atoms with Gasteiger partial charge in [0, 0.05) is 0 Å². The molecular weight excluding hydrogens is 649 g/mol. The van der Waals surface area contributed by atoms with E-state index in [0.29, 0.717) is 23.1 Å². The van der Waals surface area contributed by atoms with E-state index >= 15 is 0 Å². The predicted molar refractivity (Wildman–Crippen MR) is 111 cm³/mol. The minimum atomic E-state index is -0.751. The molecule has 2 amide bonds. The molecule has 0 heterocycles. The van der Waals surface area contributed by atoms with E-state index in [-0.39, 0.29) is 7.83 Å². The van der Waals surface area contributed by atoms with Gasteiger partial charge in [0.25, 0.3) is 0 Å². The average Bonchev–Trinajstić information content (AvgIpc) is 2.75. The molecule has 2 N–H and O–H groups in total.